The molecule has 1 fully saturated rings. The van der Waals surface area contributed by atoms with Crippen LogP contribution >= 0.6 is 11.3 Å². The minimum absolute atomic E-state index is 0.165. The first-order valence-electron chi connectivity index (χ1n) is 10.3. The van der Waals surface area contributed by atoms with Crippen LogP contribution in [0.5, 0.6) is 0 Å². The highest BCUT2D eigenvalue weighted by Gasteiger charge is 2.41. The molecule has 3 heterocycles. The van der Waals surface area contributed by atoms with Crippen LogP contribution in [0.2, 0.25) is 0 Å². The van der Waals surface area contributed by atoms with Crippen LogP contribution in [0.4, 0.5) is 17.6 Å². The first-order valence-corrected chi connectivity index (χ1v) is 11.2. The van der Waals surface area contributed by atoms with Gasteiger partial charge in [-0.1, -0.05) is 6.07 Å². The number of hydrogen-bond acceptors (Lipinski definition) is 4. The quantitative estimate of drug-likeness (QED) is 0.507. The molecule has 160 valence electrons. The predicted molar refractivity (Wildman–Crippen MR) is 109 cm³/mol. The Morgan fingerprint density at radius 1 is 1.03 bits per heavy atom. The molecule has 31 heavy (non-hydrogen) atoms. The molecule has 0 saturated heterocycles. The number of alkyl halides is 2. The van der Waals surface area contributed by atoms with Gasteiger partial charge in [0.25, 0.3) is 0 Å². The molecule has 1 aromatic carbocycles. The Morgan fingerprint density at radius 3 is 2.42 bits per heavy atom. The van der Waals surface area contributed by atoms with Crippen LogP contribution in [0.3, 0.4) is 0 Å². The molecule has 1 saturated carbocycles. The highest BCUT2D eigenvalue weighted by Crippen LogP contribution is 2.48. The van der Waals surface area contributed by atoms with Gasteiger partial charge in [0.15, 0.2) is 5.82 Å². The van der Waals surface area contributed by atoms with Crippen molar-refractivity contribution in [2.24, 2.45) is 10.9 Å². The maximum atomic E-state index is 14.9. The van der Waals surface area contributed by atoms with Gasteiger partial charge in [-0.05, 0) is 50.3 Å². The van der Waals surface area contributed by atoms with E-state index in [1.807, 2.05) is 11.5 Å². The van der Waals surface area contributed by atoms with Crippen molar-refractivity contribution in [2.75, 3.05) is 0 Å². The van der Waals surface area contributed by atoms with E-state index in [4.69, 9.17) is 4.99 Å². The van der Waals surface area contributed by atoms with E-state index < -0.39 is 30.0 Å². The average molecular weight is 446 g/mol. The number of thiophene rings is 1. The fraction of sp³-hybridized carbons (Fsp3) is 0.409. The summed E-state index contributed by atoms with van der Waals surface area (Å²) in [5.74, 6) is -0.513. The van der Waals surface area contributed by atoms with E-state index in [1.54, 1.807) is 0 Å². The first kappa shape index (κ1) is 19.2. The van der Waals surface area contributed by atoms with Gasteiger partial charge in [0, 0.05) is 22.3 Å². The maximum Gasteiger partial charge on any atom is 0.242 e. The lowest BCUT2D eigenvalue weighted by Crippen LogP contribution is -2.15. The van der Waals surface area contributed by atoms with Gasteiger partial charge in [0.2, 0.25) is 6.43 Å². The zero-order chi connectivity index (χ0) is 21.4. The third-order valence-electron chi connectivity index (χ3n) is 6.33. The molecular formula is C22H18F4N4S. The second-order valence-electron chi connectivity index (χ2n) is 8.46. The second-order valence-corrected chi connectivity index (χ2v) is 9.55. The van der Waals surface area contributed by atoms with Gasteiger partial charge >= 0.3 is 0 Å². The molecule has 1 unspecified atom stereocenters. The normalized spacial score (nSPS) is 22.2. The maximum absolute atomic E-state index is 14.9. The molecule has 0 spiro atoms. The summed E-state index contributed by atoms with van der Waals surface area (Å²) in [6, 6.07) is 3.21. The summed E-state index contributed by atoms with van der Waals surface area (Å²) in [5.41, 5.74) is 1.24. The molecule has 2 aromatic heterocycles. The van der Waals surface area contributed by atoms with Crippen molar-refractivity contribution in [3.63, 3.8) is 0 Å². The summed E-state index contributed by atoms with van der Waals surface area (Å²) < 4.78 is 58.7. The molecule has 9 heteroatoms. The van der Waals surface area contributed by atoms with Gasteiger partial charge in [-0.2, -0.15) is 0 Å². The number of halogens is 4. The molecular weight excluding hydrogens is 428 g/mol. The lowest BCUT2D eigenvalue weighted by Gasteiger charge is -2.13. The monoisotopic (exact) mass is 446 g/mol. The topological polar surface area (TPSA) is 43.1 Å². The number of nitrogens with zero attached hydrogens (tertiary/aromatic N) is 4. The first-order chi connectivity index (χ1) is 14.9. The van der Waals surface area contributed by atoms with Gasteiger partial charge in [0.1, 0.15) is 28.5 Å². The SMILES string of the molecule is C[C@@H]1N=C(c2c(F)cccc2F)c2c(sc3c2CC(C(F)F)C3)-n2c(C3CC3)nnc21. The largest absolute Gasteiger partial charge is 0.273 e. The van der Waals surface area contributed by atoms with Crippen molar-refractivity contribution in [3.05, 3.63) is 63.0 Å². The minimum Gasteiger partial charge on any atom is -0.273 e. The Balaban J connectivity index is 1.64. The minimum atomic E-state index is -2.45. The zero-order valence-corrected chi connectivity index (χ0v) is 17.4. The lowest BCUT2D eigenvalue weighted by molar-refractivity contribution is 0.0826. The smallest absolute Gasteiger partial charge is 0.242 e. The van der Waals surface area contributed by atoms with Crippen molar-refractivity contribution < 1.29 is 17.6 Å². The summed E-state index contributed by atoms with van der Waals surface area (Å²) in [5, 5.41) is 9.49. The summed E-state index contributed by atoms with van der Waals surface area (Å²) >= 11 is 1.40. The van der Waals surface area contributed by atoms with E-state index in [2.05, 4.69) is 10.2 Å². The van der Waals surface area contributed by atoms with Gasteiger partial charge in [-0.15, -0.1) is 21.5 Å². The molecule has 2 atom stereocenters. The molecule has 0 N–H and O–H groups in total. The Bertz CT molecular complexity index is 1220. The Morgan fingerprint density at radius 2 is 1.74 bits per heavy atom. The van der Waals surface area contributed by atoms with E-state index >= 15 is 0 Å². The Kier molecular flexibility index (Phi) is 4.15. The number of aromatic nitrogens is 3. The fourth-order valence-electron chi connectivity index (χ4n) is 4.65. The highest BCUT2D eigenvalue weighted by atomic mass is 32.1. The van der Waals surface area contributed by atoms with E-state index in [1.165, 1.54) is 29.5 Å². The summed E-state index contributed by atoms with van der Waals surface area (Å²) in [6.07, 6.45) is -0.00767. The van der Waals surface area contributed by atoms with Crippen molar-refractivity contribution in [1.82, 2.24) is 14.8 Å². The average Bonchev–Trinajstić information content (AvgIpc) is 3.21. The summed E-state index contributed by atoms with van der Waals surface area (Å²) in [6.45, 7) is 1.81. The molecule has 4 nitrogen and oxygen atoms in total. The molecule has 1 aliphatic heterocycles. The highest BCUT2D eigenvalue weighted by molar-refractivity contribution is 7.15. The molecule has 6 rings (SSSR count). The number of rotatable bonds is 3. The standard InChI is InChI=1S/C22H18F4N4S/c1-9-20-28-29-21(10-5-6-10)30(20)22-16(12-7-11(19(25)26)8-15(12)31-22)18(27-9)17-13(23)3-2-4-14(17)24/h2-4,9-11,19H,5-8H2,1H3/t9-,11?/m0/s1. The van der Waals surface area contributed by atoms with Crippen LogP contribution in [0.25, 0.3) is 5.00 Å². The van der Waals surface area contributed by atoms with E-state index in [0.717, 1.165) is 34.1 Å². The Labute approximate surface area is 179 Å². The van der Waals surface area contributed by atoms with Gasteiger partial charge in [0.05, 0.1) is 11.3 Å². The van der Waals surface area contributed by atoms with Crippen molar-refractivity contribution in [1.29, 1.82) is 0 Å². The zero-order valence-electron chi connectivity index (χ0n) is 16.6. The third kappa shape index (κ3) is 2.82. The second kappa shape index (κ2) is 6.72. The van der Waals surface area contributed by atoms with Crippen LogP contribution in [0.1, 0.15) is 64.9 Å². The number of benzene rings is 1. The summed E-state index contributed by atoms with van der Waals surface area (Å²) in [4.78, 5) is 5.53. The third-order valence-corrected chi connectivity index (χ3v) is 7.57. The molecule has 0 radical (unpaired) electrons. The Hall–Kier alpha value is -2.55. The van der Waals surface area contributed by atoms with E-state index in [-0.39, 0.29) is 24.1 Å². The van der Waals surface area contributed by atoms with Gasteiger partial charge in [-0.25, -0.2) is 17.6 Å². The van der Waals surface area contributed by atoms with Crippen LogP contribution in [-0.2, 0) is 12.8 Å². The fourth-order valence-corrected chi connectivity index (χ4v) is 6.09. The van der Waals surface area contributed by atoms with E-state index in [9.17, 15) is 17.6 Å². The van der Waals surface area contributed by atoms with Crippen LogP contribution in [0.15, 0.2) is 23.2 Å². The van der Waals surface area contributed by atoms with Crippen molar-refractivity contribution in [2.45, 2.75) is 51.0 Å². The van der Waals surface area contributed by atoms with Crippen molar-refractivity contribution >= 4 is 17.0 Å². The van der Waals surface area contributed by atoms with Gasteiger partial charge < -0.3 is 0 Å². The number of hydrogen-bond donors (Lipinski definition) is 0. The number of aliphatic imine (C=N–C) groups is 1. The molecule has 0 bridgehead atoms. The molecule has 2 aliphatic carbocycles. The molecule has 3 aliphatic rings. The van der Waals surface area contributed by atoms with Crippen molar-refractivity contribution in [3.8, 4) is 5.00 Å². The lowest BCUT2D eigenvalue weighted by atomic mass is 9.97. The predicted octanol–water partition coefficient (Wildman–Crippen LogP) is 5.38. The van der Waals surface area contributed by atoms with Crippen LogP contribution in [-0.4, -0.2) is 26.9 Å². The number of fused-ring (bicyclic) bond motifs is 5. The molecule has 0 amide bonds. The van der Waals surface area contributed by atoms with Gasteiger partial charge in [-0.3, -0.25) is 9.56 Å². The molecule has 3 aromatic rings. The van der Waals surface area contributed by atoms with E-state index in [0.29, 0.717) is 17.3 Å². The van der Waals surface area contributed by atoms with Crippen LogP contribution in [0, 0.1) is 17.6 Å². The van der Waals surface area contributed by atoms with Crippen LogP contribution < -0.4 is 0 Å². The summed E-state index contributed by atoms with van der Waals surface area (Å²) in [7, 11) is 0.